The predicted octanol–water partition coefficient (Wildman–Crippen LogP) is -0.899. The molecule has 1 aromatic heterocycles. The van der Waals surface area contributed by atoms with Crippen LogP contribution in [0.1, 0.15) is 39.5 Å². The van der Waals surface area contributed by atoms with E-state index < -0.39 is 72.4 Å². The van der Waals surface area contributed by atoms with Gasteiger partial charge in [0.2, 0.25) is 0 Å². The Morgan fingerprint density at radius 3 is 1.97 bits per heavy atom. The lowest BCUT2D eigenvalue weighted by Crippen LogP contribution is -2.61. The van der Waals surface area contributed by atoms with E-state index in [9.17, 15) is 28.8 Å². The maximum absolute atomic E-state index is 12.5. The number of nitrogens with zero attached hydrogens (tertiary/aromatic N) is 1. The Hall–Kier alpha value is -3.48. The fraction of sp³-hybridized carbons (Fsp3) is 0.579. The molecule has 2 rings (SSSR count). The number of aryl methyl sites for hydroxylation is 1. The SMILES string of the molecule is CC(=O)OC[C@@H]1O[C@H](n2cc(C)c(=O)[nH]c2=O)[C@H](OC(C)=O)[C@@H](OC(C)=O)[C@@H]1OC(C)=O. The molecule has 0 radical (unpaired) electrons. The summed E-state index contributed by atoms with van der Waals surface area (Å²) in [5.41, 5.74) is -1.41. The molecule has 176 valence electrons. The summed E-state index contributed by atoms with van der Waals surface area (Å²) in [6.07, 6.45) is -5.73. The molecular formula is C19H24N2O11. The maximum atomic E-state index is 12.5. The summed E-state index contributed by atoms with van der Waals surface area (Å²) in [5.74, 6) is -3.06. The van der Waals surface area contributed by atoms with Gasteiger partial charge < -0.3 is 23.7 Å². The van der Waals surface area contributed by atoms with E-state index in [0.29, 0.717) is 0 Å². The first-order chi connectivity index (χ1) is 14.9. The van der Waals surface area contributed by atoms with Crippen molar-refractivity contribution in [2.75, 3.05) is 6.61 Å². The molecule has 0 aliphatic carbocycles. The van der Waals surface area contributed by atoms with Crippen molar-refractivity contribution in [2.45, 2.75) is 65.3 Å². The van der Waals surface area contributed by atoms with Crippen LogP contribution in [0, 0.1) is 6.92 Å². The van der Waals surface area contributed by atoms with Gasteiger partial charge in [0, 0.05) is 39.5 Å². The molecule has 5 atom stereocenters. The molecule has 1 aliphatic rings. The molecule has 0 unspecified atom stereocenters. The zero-order valence-electron chi connectivity index (χ0n) is 18.1. The van der Waals surface area contributed by atoms with Gasteiger partial charge in [0.25, 0.3) is 5.56 Å². The Morgan fingerprint density at radius 1 is 0.906 bits per heavy atom. The van der Waals surface area contributed by atoms with Crippen molar-refractivity contribution in [3.8, 4) is 0 Å². The highest BCUT2D eigenvalue weighted by Crippen LogP contribution is 2.34. The van der Waals surface area contributed by atoms with Crippen LogP contribution in [0.3, 0.4) is 0 Å². The second-order valence-corrected chi connectivity index (χ2v) is 7.07. The molecule has 1 aromatic rings. The average Bonchev–Trinajstić information content (AvgIpc) is 2.65. The van der Waals surface area contributed by atoms with Crippen LogP contribution in [0.25, 0.3) is 0 Å². The summed E-state index contributed by atoms with van der Waals surface area (Å²) in [5, 5.41) is 0. The summed E-state index contributed by atoms with van der Waals surface area (Å²) >= 11 is 0. The lowest BCUT2D eigenvalue weighted by atomic mass is 9.97. The molecule has 1 saturated heterocycles. The number of ether oxygens (including phenoxy) is 5. The summed E-state index contributed by atoms with van der Waals surface area (Å²) in [4.78, 5) is 73.0. The molecule has 0 amide bonds. The molecule has 32 heavy (non-hydrogen) atoms. The molecule has 1 N–H and O–H groups in total. The molecule has 13 heteroatoms. The Labute approximate surface area is 181 Å². The summed E-state index contributed by atoms with van der Waals surface area (Å²) in [6, 6.07) is 0. The zero-order chi connectivity index (χ0) is 24.2. The van der Waals surface area contributed by atoms with Crippen molar-refractivity contribution >= 4 is 23.9 Å². The van der Waals surface area contributed by atoms with Crippen LogP contribution in [0.4, 0.5) is 0 Å². The number of hydrogen-bond acceptors (Lipinski definition) is 11. The van der Waals surface area contributed by atoms with Crippen LogP contribution in [-0.4, -0.2) is 64.5 Å². The molecule has 13 nitrogen and oxygen atoms in total. The minimum atomic E-state index is -1.46. The highest BCUT2D eigenvalue weighted by atomic mass is 16.7. The van der Waals surface area contributed by atoms with Crippen molar-refractivity contribution in [3.05, 3.63) is 32.6 Å². The van der Waals surface area contributed by atoms with Crippen LogP contribution in [0.2, 0.25) is 0 Å². The van der Waals surface area contributed by atoms with Gasteiger partial charge in [-0.15, -0.1) is 0 Å². The van der Waals surface area contributed by atoms with E-state index in [4.69, 9.17) is 23.7 Å². The third kappa shape index (κ3) is 6.03. The van der Waals surface area contributed by atoms with Crippen molar-refractivity contribution in [3.63, 3.8) is 0 Å². The minimum Gasteiger partial charge on any atom is -0.463 e. The largest absolute Gasteiger partial charge is 0.463 e. The van der Waals surface area contributed by atoms with Crippen LogP contribution in [-0.2, 0) is 42.9 Å². The zero-order valence-corrected chi connectivity index (χ0v) is 18.1. The lowest BCUT2D eigenvalue weighted by Gasteiger charge is -2.44. The second kappa shape index (κ2) is 10.2. The lowest BCUT2D eigenvalue weighted by molar-refractivity contribution is -0.269. The highest BCUT2D eigenvalue weighted by Gasteiger charge is 2.53. The van der Waals surface area contributed by atoms with Gasteiger partial charge in [-0.3, -0.25) is 33.5 Å². The Bertz CT molecular complexity index is 1010. The smallest absolute Gasteiger partial charge is 0.330 e. The van der Waals surface area contributed by atoms with Crippen molar-refractivity contribution in [1.82, 2.24) is 9.55 Å². The topological polar surface area (TPSA) is 169 Å². The van der Waals surface area contributed by atoms with Gasteiger partial charge >= 0.3 is 29.6 Å². The third-order valence-corrected chi connectivity index (χ3v) is 4.39. The second-order valence-electron chi connectivity index (χ2n) is 7.07. The Morgan fingerprint density at radius 2 is 1.44 bits per heavy atom. The standard InChI is InChI=1S/C19H24N2O11/c1-8-6-21(19(27)20-17(8)26)18-16(31-12(5)25)15(30-11(4)24)14(29-10(3)23)13(32-18)7-28-9(2)22/h6,13-16,18H,7H2,1-5H3,(H,20,26,27)/t13-,14+,15-,16+,18-/m0/s1. The Kier molecular flexibility index (Phi) is 7.92. The van der Waals surface area contributed by atoms with Crippen molar-refractivity contribution in [2.24, 2.45) is 0 Å². The van der Waals surface area contributed by atoms with Gasteiger partial charge in [0.1, 0.15) is 12.7 Å². The first-order valence-corrected chi connectivity index (χ1v) is 9.53. The fourth-order valence-electron chi connectivity index (χ4n) is 3.20. The number of esters is 4. The van der Waals surface area contributed by atoms with Gasteiger partial charge in [-0.05, 0) is 6.92 Å². The van der Waals surface area contributed by atoms with E-state index in [2.05, 4.69) is 4.98 Å². The number of aromatic amines is 1. The monoisotopic (exact) mass is 456 g/mol. The van der Waals surface area contributed by atoms with Gasteiger partial charge in [0.15, 0.2) is 24.5 Å². The van der Waals surface area contributed by atoms with Gasteiger partial charge in [0.05, 0.1) is 0 Å². The first kappa shape index (κ1) is 24.8. The number of rotatable bonds is 6. The molecule has 0 aromatic carbocycles. The van der Waals surface area contributed by atoms with Gasteiger partial charge in [-0.1, -0.05) is 0 Å². The van der Waals surface area contributed by atoms with E-state index in [0.717, 1.165) is 32.3 Å². The summed E-state index contributed by atoms with van der Waals surface area (Å²) in [6.45, 7) is 5.39. The first-order valence-electron chi connectivity index (χ1n) is 9.53. The van der Waals surface area contributed by atoms with Crippen LogP contribution >= 0.6 is 0 Å². The Balaban J connectivity index is 2.65. The van der Waals surface area contributed by atoms with Crippen LogP contribution in [0.5, 0.6) is 0 Å². The molecule has 0 bridgehead atoms. The van der Waals surface area contributed by atoms with Crippen molar-refractivity contribution < 1.29 is 42.9 Å². The van der Waals surface area contributed by atoms with E-state index in [-0.39, 0.29) is 5.56 Å². The number of aromatic nitrogens is 2. The summed E-state index contributed by atoms with van der Waals surface area (Å²) < 4.78 is 27.6. The van der Waals surface area contributed by atoms with Gasteiger partial charge in [-0.25, -0.2) is 4.79 Å². The van der Waals surface area contributed by atoms with E-state index in [1.165, 1.54) is 13.1 Å². The number of nitrogens with one attached hydrogen (secondary N) is 1. The molecule has 2 heterocycles. The number of carbonyl (C=O) groups excluding carboxylic acids is 4. The normalized spacial score (nSPS) is 24.8. The number of hydrogen-bond donors (Lipinski definition) is 1. The van der Waals surface area contributed by atoms with Gasteiger partial charge in [-0.2, -0.15) is 0 Å². The highest BCUT2D eigenvalue weighted by molar-refractivity contribution is 5.68. The van der Waals surface area contributed by atoms with Crippen LogP contribution < -0.4 is 11.2 Å². The fourth-order valence-corrected chi connectivity index (χ4v) is 3.20. The van der Waals surface area contributed by atoms with Crippen molar-refractivity contribution in [1.29, 1.82) is 0 Å². The molecule has 0 saturated carbocycles. The molecule has 1 aliphatic heterocycles. The van der Waals surface area contributed by atoms with E-state index >= 15 is 0 Å². The molecular weight excluding hydrogens is 432 g/mol. The number of H-pyrrole nitrogens is 1. The van der Waals surface area contributed by atoms with E-state index in [1.807, 2.05) is 0 Å². The molecule has 1 fully saturated rings. The average molecular weight is 456 g/mol. The van der Waals surface area contributed by atoms with E-state index in [1.54, 1.807) is 0 Å². The quantitative estimate of drug-likeness (QED) is 0.416. The maximum Gasteiger partial charge on any atom is 0.330 e. The molecule has 0 spiro atoms. The number of carbonyl (C=O) groups is 4. The minimum absolute atomic E-state index is 0.137. The summed E-state index contributed by atoms with van der Waals surface area (Å²) in [7, 11) is 0. The third-order valence-electron chi connectivity index (χ3n) is 4.39. The predicted molar refractivity (Wildman–Crippen MR) is 103 cm³/mol. The van der Waals surface area contributed by atoms with Crippen LogP contribution in [0.15, 0.2) is 15.8 Å².